The molecule has 196 valence electrons. The van der Waals surface area contributed by atoms with Gasteiger partial charge in [0.05, 0.1) is 13.2 Å². The second-order valence-corrected chi connectivity index (χ2v) is 8.48. The number of nitrogens with zero attached hydrogens (tertiary/aromatic N) is 2. The first-order valence-corrected chi connectivity index (χ1v) is 12.4. The van der Waals surface area contributed by atoms with Gasteiger partial charge in [-0.3, -0.25) is 19.5 Å². The molecule has 0 spiro atoms. The quantitative estimate of drug-likeness (QED) is 0.222. The smallest absolute Gasteiger partial charge is 0.417 e. The molecule has 0 saturated heterocycles. The summed E-state index contributed by atoms with van der Waals surface area (Å²) in [6, 6.07) is 19.5. The van der Waals surface area contributed by atoms with E-state index < -0.39 is 6.09 Å². The van der Waals surface area contributed by atoms with Crippen LogP contribution in [0.25, 0.3) is 22.2 Å². The summed E-state index contributed by atoms with van der Waals surface area (Å²) in [5, 5.41) is 3.39. The second kappa shape index (κ2) is 12.5. The van der Waals surface area contributed by atoms with Crippen molar-refractivity contribution in [1.82, 2.24) is 9.55 Å². The lowest BCUT2D eigenvalue weighted by Gasteiger charge is -2.18. The minimum Gasteiger partial charge on any atom is -0.493 e. The molecule has 4 rings (SSSR count). The van der Waals surface area contributed by atoms with Gasteiger partial charge in [-0.05, 0) is 48.4 Å². The number of nitrogens with one attached hydrogen (secondary N) is 1. The summed E-state index contributed by atoms with van der Waals surface area (Å²) in [5.74, 6) is 0.584. The molecule has 0 atom stereocenters. The van der Waals surface area contributed by atoms with Crippen molar-refractivity contribution >= 4 is 28.8 Å². The molecule has 0 bridgehead atoms. The van der Waals surface area contributed by atoms with E-state index in [0.29, 0.717) is 59.7 Å². The van der Waals surface area contributed by atoms with Crippen LogP contribution in [0.4, 0.5) is 10.5 Å². The van der Waals surface area contributed by atoms with E-state index in [2.05, 4.69) is 10.3 Å². The molecular weight excluding hydrogens is 486 g/mol. The highest BCUT2D eigenvalue weighted by Gasteiger charge is 2.21. The van der Waals surface area contributed by atoms with Crippen molar-refractivity contribution in [1.29, 1.82) is 0 Å². The van der Waals surface area contributed by atoms with Crippen LogP contribution in [0.3, 0.4) is 0 Å². The molecule has 1 N–H and O–H groups in total. The number of hydrogen-bond acceptors (Lipinski definition) is 7. The first-order chi connectivity index (χ1) is 18.5. The zero-order valence-electron chi connectivity index (χ0n) is 21.3. The number of rotatable bonds is 10. The Bertz CT molecular complexity index is 1480. The van der Waals surface area contributed by atoms with Crippen molar-refractivity contribution in [2.45, 2.75) is 33.2 Å². The predicted molar refractivity (Wildman–Crippen MR) is 145 cm³/mol. The Hall–Kier alpha value is -4.66. The Morgan fingerprint density at radius 1 is 0.974 bits per heavy atom. The van der Waals surface area contributed by atoms with Crippen LogP contribution in [0.15, 0.2) is 77.7 Å². The number of anilines is 1. The van der Waals surface area contributed by atoms with Crippen LogP contribution in [0.2, 0.25) is 0 Å². The first-order valence-electron chi connectivity index (χ1n) is 12.4. The highest BCUT2D eigenvalue weighted by molar-refractivity contribution is 6.03. The Morgan fingerprint density at radius 2 is 1.76 bits per heavy atom. The number of ether oxygens (including phenoxy) is 3. The molecule has 9 nitrogen and oxygen atoms in total. The Morgan fingerprint density at radius 3 is 2.53 bits per heavy atom. The lowest BCUT2D eigenvalue weighted by molar-refractivity contribution is -0.141. The molecular formula is C29H29N3O6. The second-order valence-electron chi connectivity index (χ2n) is 8.48. The molecule has 38 heavy (non-hydrogen) atoms. The van der Waals surface area contributed by atoms with Crippen molar-refractivity contribution in [3.8, 4) is 22.6 Å². The zero-order chi connectivity index (χ0) is 26.9. The van der Waals surface area contributed by atoms with Gasteiger partial charge in [0, 0.05) is 37.0 Å². The van der Waals surface area contributed by atoms with E-state index in [9.17, 15) is 14.4 Å². The maximum atomic E-state index is 13.7. The van der Waals surface area contributed by atoms with Crippen molar-refractivity contribution in [2.75, 3.05) is 18.5 Å². The molecule has 4 aromatic rings. The van der Waals surface area contributed by atoms with Gasteiger partial charge in [-0.2, -0.15) is 0 Å². The molecule has 1 amide bonds. The van der Waals surface area contributed by atoms with E-state index in [1.807, 2.05) is 31.2 Å². The maximum absolute atomic E-state index is 13.7. The van der Waals surface area contributed by atoms with Crippen LogP contribution in [0.5, 0.6) is 11.5 Å². The van der Waals surface area contributed by atoms with Crippen molar-refractivity contribution in [3.63, 3.8) is 0 Å². The normalized spacial score (nSPS) is 10.7. The van der Waals surface area contributed by atoms with Gasteiger partial charge in [0.2, 0.25) is 0 Å². The standard InChI is InChI=1S/C29H29N3O6/c1-3-16-32-27-24(14-8-15-30-27)25(21-10-7-13-23(19-21)37-18-9-17-36-20(2)33)26(28(32)34)31-29(35)38-22-11-5-4-6-12-22/h4-8,10-15,19H,3,9,16-18H2,1-2H3,(H,31,35). The van der Waals surface area contributed by atoms with Crippen LogP contribution in [0.1, 0.15) is 26.7 Å². The summed E-state index contributed by atoms with van der Waals surface area (Å²) in [6.45, 7) is 4.36. The SMILES string of the molecule is CCCn1c(=O)c(NC(=O)Oc2ccccc2)c(-c2cccc(OCCCOC(C)=O)c2)c2cccnc21. The topological polar surface area (TPSA) is 109 Å². The molecule has 9 heteroatoms. The van der Waals surface area contributed by atoms with Gasteiger partial charge in [-0.1, -0.05) is 37.3 Å². The summed E-state index contributed by atoms with van der Waals surface area (Å²) in [7, 11) is 0. The number of fused-ring (bicyclic) bond motifs is 1. The molecule has 0 unspecified atom stereocenters. The molecule has 2 aromatic heterocycles. The van der Waals surface area contributed by atoms with E-state index >= 15 is 0 Å². The van der Waals surface area contributed by atoms with Gasteiger partial charge >= 0.3 is 12.1 Å². The monoisotopic (exact) mass is 515 g/mol. The third-order valence-electron chi connectivity index (χ3n) is 5.63. The number of carbonyl (C=O) groups excluding carboxylic acids is 2. The Balaban J connectivity index is 1.74. The van der Waals surface area contributed by atoms with Gasteiger partial charge in [0.25, 0.3) is 5.56 Å². The maximum Gasteiger partial charge on any atom is 0.417 e. The fraction of sp³-hybridized carbons (Fsp3) is 0.241. The average molecular weight is 516 g/mol. The molecule has 0 aliphatic carbocycles. The number of esters is 1. The fourth-order valence-electron chi connectivity index (χ4n) is 4.06. The molecule has 0 radical (unpaired) electrons. The van der Waals surface area contributed by atoms with Crippen molar-refractivity contribution in [3.05, 3.63) is 83.3 Å². The number of hydrogen-bond donors (Lipinski definition) is 1. The third-order valence-corrected chi connectivity index (χ3v) is 5.63. The number of pyridine rings is 2. The number of para-hydroxylation sites is 1. The predicted octanol–water partition coefficient (Wildman–Crippen LogP) is 5.42. The van der Waals surface area contributed by atoms with Gasteiger partial charge in [-0.25, -0.2) is 9.78 Å². The minimum absolute atomic E-state index is 0.0897. The van der Waals surface area contributed by atoms with E-state index in [0.717, 1.165) is 0 Å². The average Bonchev–Trinajstić information content (AvgIpc) is 2.91. The lowest BCUT2D eigenvalue weighted by Crippen LogP contribution is -2.29. The summed E-state index contributed by atoms with van der Waals surface area (Å²) in [5.41, 5.74) is 1.40. The zero-order valence-corrected chi connectivity index (χ0v) is 21.3. The highest BCUT2D eigenvalue weighted by Crippen LogP contribution is 2.34. The Kier molecular flexibility index (Phi) is 8.71. The van der Waals surface area contributed by atoms with Crippen LogP contribution in [-0.4, -0.2) is 34.8 Å². The molecule has 0 fully saturated rings. The van der Waals surface area contributed by atoms with E-state index in [4.69, 9.17) is 14.2 Å². The first kappa shape index (κ1) is 26.4. The Labute approximate surface area is 220 Å². The molecule has 0 saturated carbocycles. The van der Waals surface area contributed by atoms with Gasteiger partial charge in [0.1, 0.15) is 22.8 Å². The van der Waals surface area contributed by atoms with Crippen molar-refractivity contribution < 1.29 is 23.8 Å². The number of carbonyl (C=O) groups is 2. The summed E-state index contributed by atoms with van der Waals surface area (Å²) in [6.07, 6.45) is 2.09. The number of aryl methyl sites for hydroxylation is 1. The number of benzene rings is 2. The van der Waals surface area contributed by atoms with E-state index in [-0.39, 0.29) is 23.8 Å². The summed E-state index contributed by atoms with van der Waals surface area (Å²) < 4.78 is 17.8. The highest BCUT2D eigenvalue weighted by atomic mass is 16.6. The van der Waals surface area contributed by atoms with Crippen LogP contribution in [0, 0.1) is 0 Å². The third kappa shape index (κ3) is 6.36. The van der Waals surface area contributed by atoms with E-state index in [1.165, 1.54) is 6.92 Å². The van der Waals surface area contributed by atoms with Crippen LogP contribution >= 0.6 is 0 Å². The molecule has 0 aliphatic rings. The molecule has 2 heterocycles. The number of amides is 1. The number of aromatic nitrogens is 2. The summed E-state index contributed by atoms with van der Waals surface area (Å²) in [4.78, 5) is 42.0. The van der Waals surface area contributed by atoms with Crippen LogP contribution < -0.4 is 20.3 Å². The largest absolute Gasteiger partial charge is 0.493 e. The van der Waals surface area contributed by atoms with Gasteiger partial charge in [-0.15, -0.1) is 0 Å². The van der Waals surface area contributed by atoms with Crippen LogP contribution in [-0.2, 0) is 16.1 Å². The minimum atomic E-state index is -0.779. The van der Waals surface area contributed by atoms with Gasteiger partial charge in [0.15, 0.2) is 0 Å². The van der Waals surface area contributed by atoms with E-state index in [1.54, 1.807) is 53.2 Å². The fourth-order valence-corrected chi connectivity index (χ4v) is 4.06. The van der Waals surface area contributed by atoms with Gasteiger partial charge < -0.3 is 14.2 Å². The van der Waals surface area contributed by atoms with Crippen molar-refractivity contribution in [2.24, 2.45) is 0 Å². The summed E-state index contributed by atoms with van der Waals surface area (Å²) >= 11 is 0. The lowest BCUT2D eigenvalue weighted by atomic mass is 10.00. The molecule has 0 aliphatic heterocycles. The molecule has 2 aromatic carbocycles.